The van der Waals surface area contributed by atoms with Crippen LogP contribution in [0.5, 0.6) is 0 Å². The summed E-state index contributed by atoms with van der Waals surface area (Å²) in [5.74, 6) is 0. The Morgan fingerprint density at radius 1 is 1.08 bits per heavy atom. The summed E-state index contributed by atoms with van der Waals surface area (Å²) >= 11 is 6.08. The number of anilines is 1. The van der Waals surface area contributed by atoms with Crippen LogP contribution in [-0.2, 0) is 4.74 Å². The van der Waals surface area contributed by atoms with Gasteiger partial charge in [0.25, 0.3) is 0 Å². The van der Waals surface area contributed by atoms with Crippen molar-refractivity contribution in [2.45, 2.75) is 56.7 Å². The van der Waals surface area contributed by atoms with Gasteiger partial charge in [0.1, 0.15) is 0 Å². The summed E-state index contributed by atoms with van der Waals surface area (Å²) in [6, 6.07) is 9.15. The maximum Gasteiger partial charge on any atom is 0.0737 e. The van der Waals surface area contributed by atoms with Crippen LogP contribution in [0.3, 0.4) is 0 Å². The van der Waals surface area contributed by atoms with Gasteiger partial charge in [-0.3, -0.25) is 4.98 Å². The second-order valence-corrected chi connectivity index (χ2v) is 7.69. The van der Waals surface area contributed by atoms with Crippen molar-refractivity contribution in [1.82, 2.24) is 10.3 Å². The molecule has 1 saturated carbocycles. The molecular formula is C20H26ClN3O. The van der Waals surface area contributed by atoms with Crippen LogP contribution in [-0.4, -0.2) is 36.3 Å². The highest BCUT2D eigenvalue weighted by Crippen LogP contribution is 2.28. The molecule has 5 heteroatoms. The van der Waals surface area contributed by atoms with E-state index in [2.05, 4.69) is 27.8 Å². The van der Waals surface area contributed by atoms with Crippen molar-refractivity contribution in [2.24, 2.45) is 0 Å². The van der Waals surface area contributed by atoms with E-state index in [1.807, 2.05) is 18.3 Å². The van der Waals surface area contributed by atoms with Gasteiger partial charge in [0.05, 0.1) is 11.6 Å². The molecular weight excluding hydrogens is 334 g/mol. The van der Waals surface area contributed by atoms with Gasteiger partial charge in [0, 0.05) is 47.5 Å². The summed E-state index contributed by atoms with van der Waals surface area (Å²) in [6.07, 6.45) is 9.55. The van der Waals surface area contributed by atoms with Gasteiger partial charge in [-0.1, -0.05) is 11.6 Å². The Morgan fingerprint density at radius 3 is 2.72 bits per heavy atom. The molecule has 0 spiro atoms. The van der Waals surface area contributed by atoms with Gasteiger partial charge in [-0.15, -0.1) is 0 Å². The first-order valence-corrected chi connectivity index (χ1v) is 9.81. The fourth-order valence-electron chi connectivity index (χ4n) is 4.01. The van der Waals surface area contributed by atoms with Crippen LogP contribution in [0.1, 0.15) is 38.5 Å². The van der Waals surface area contributed by atoms with E-state index in [0.717, 1.165) is 34.8 Å². The Hall–Kier alpha value is -1.36. The zero-order valence-electron chi connectivity index (χ0n) is 14.5. The standard InChI is InChI=1S/C20H26ClN3O/c21-14-3-8-18-19(9-10-22-20(18)12-14)24-16-6-4-15(5-7-16)23-13-17-2-1-11-25-17/h3,8-10,12,15-17,23H,1-2,4-7,11,13H2,(H,22,24). The molecule has 1 aliphatic carbocycles. The third kappa shape index (κ3) is 4.25. The van der Waals surface area contributed by atoms with Gasteiger partial charge in [-0.05, 0) is 62.8 Å². The highest BCUT2D eigenvalue weighted by molar-refractivity contribution is 6.31. The number of nitrogens with zero attached hydrogens (tertiary/aromatic N) is 1. The fraction of sp³-hybridized carbons (Fsp3) is 0.550. The molecule has 25 heavy (non-hydrogen) atoms. The van der Waals surface area contributed by atoms with Crippen LogP contribution in [0, 0.1) is 0 Å². The Bertz CT molecular complexity index is 709. The van der Waals surface area contributed by atoms with Crippen molar-refractivity contribution < 1.29 is 4.74 Å². The zero-order valence-corrected chi connectivity index (χ0v) is 15.3. The number of ether oxygens (including phenoxy) is 1. The predicted molar refractivity (Wildman–Crippen MR) is 103 cm³/mol. The first-order chi connectivity index (χ1) is 12.3. The molecule has 2 aliphatic rings. The molecule has 0 radical (unpaired) electrons. The SMILES string of the molecule is Clc1ccc2c(NC3CCC(NCC4CCCO4)CC3)ccnc2c1. The molecule has 2 N–H and O–H groups in total. The van der Waals surface area contributed by atoms with Crippen molar-refractivity contribution in [3.63, 3.8) is 0 Å². The number of hydrogen-bond acceptors (Lipinski definition) is 4. The van der Waals surface area contributed by atoms with Crippen LogP contribution in [0.4, 0.5) is 5.69 Å². The number of nitrogens with one attached hydrogen (secondary N) is 2. The smallest absolute Gasteiger partial charge is 0.0737 e. The van der Waals surface area contributed by atoms with E-state index in [4.69, 9.17) is 16.3 Å². The van der Waals surface area contributed by atoms with Crippen LogP contribution in [0.25, 0.3) is 10.9 Å². The average Bonchev–Trinajstić information content (AvgIpc) is 3.15. The second kappa shape index (κ2) is 7.90. The molecule has 2 aromatic rings. The maximum atomic E-state index is 6.08. The maximum absolute atomic E-state index is 6.08. The summed E-state index contributed by atoms with van der Waals surface area (Å²) in [5, 5.41) is 9.31. The Labute approximate surface area is 154 Å². The van der Waals surface area contributed by atoms with E-state index in [1.54, 1.807) is 0 Å². The van der Waals surface area contributed by atoms with E-state index in [9.17, 15) is 0 Å². The van der Waals surface area contributed by atoms with Crippen molar-refractivity contribution in [2.75, 3.05) is 18.5 Å². The van der Waals surface area contributed by atoms with E-state index < -0.39 is 0 Å². The van der Waals surface area contributed by atoms with Crippen molar-refractivity contribution in [3.05, 3.63) is 35.5 Å². The largest absolute Gasteiger partial charge is 0.382 e. The molecule has 2 heterocycles. The van der Waals surface area contributed by atoms with E-state index in [1.165, 1.54) is 38.5 Å². The number of pyridine rings is 1. The number of aromatic nitrogens is 1. The van der Waals surface area contributed by atoms with Crippen LogP contribution < -0.4 is 10.6 Å². The van der Waals surface area contributed by atoms with Crippen molar-refractivity contribution in [1.29, 1.82) is 0 Å². The molecule has 1 aliphatic heterocycles. The van der Waals surface area contributed by atoms with Gasteiger partial charge in [-0.2, -0.15) is 0 Å². The van der Waals surface area contributed by atoms with Gasteiger partial charge in [0.15, 0.2) is 0 Å². The second-order valence-electron chi connectivity index (χ2n) is 7.26. The van der Waals surface area contributed by atoms with Crippen molar-refractivity contribution in [3.8, 4) is 0 Å². The van der Waals surface area contributed by atoms with Gasteiger partial charge >= 0.3 is 0 Å². The summed E-state index contributed by atoms with van der Waals surface area (Å²) in [4.78, 5) is 4.42. The third-order valence-electron chi connectivity index (χ3n) is 5.45. The number of halogens is 1. The molecule has 134 valence electrons. The molecule has 0 amide bonds. The number of fused-ring (bicyclic) bond motifs is 1. The number of rotatable bonds is 5. The summed E-state index contributed by atoms with van der Waals surface area (Å²) < 4.78 is 5.70. The predicted octanol–water partition coefficient (Wildman–Crippen LogP) is 4.38. The Morgan fingerprint density at radius 2 is 1.92 bits per heavy atom. The lowest BCUT2D eigenvalue weighted by atomic mass is 9.90. The van der Waals surface area contributed by atoms with Crippen molar-refractivity contribution >= 4 is 28.2 Å². The third-order valence-corrected chi connectivity index (χ3v) is 5.68. The molecule has 1 atom stereocenters. The first kappa shape index (κ1) is 17.1. The summed E-state index contributed by atoms with van der Waals surface area (Å²) in [6.45, 7) is 1.95. The molecule has 2 fully saturated rings. The van der Waals surface area contributed by atoms with Gasteiger partial charge in [0.2, 0.25) is 0 Å². The fourth-order valence-corrected chi connectivity index (χ4v) is 4.18. The average molecular weight is 360 g/mol. The minimum atomic E-state index is 0.436. The highest BCUT2D eigenvalue weighted by atomic mass is 35.5. The summed E-state index contributed by atoms with van der Waals surface area (Å²) in [5.41, 5.74) is 2.11. The highest BCUT2D eigenvalue weighted by Gasteiger charge is 2.23. The zero-order chi connectivity index (χ0) is 17.1. The lowest BCUT2D eigenvalue weighted by Crippen LogP contribution is -2.40. The quantitative estimate of drug-likeness (QED) is 0.831. The lowest BCUT2D eigenvalue weighted by Gasteiger charge is -2.31. The van der Waals surface area contributed by atoms with E-state index >= 15 is 0 Å². The topological polar surface area (TPSA) is 46.2 Å². The minimum Gasteiger partial charge on any atom is -0.382 e. The molecule has 1 aromatic heterocycles. The lowest BCUT2D eigenvalue weighted by molar-refractivity contribution is 0.105. The number of benzene rings is 1. The molecule has 1 saturated heterocycles. The normalized spacial score (nSPS) is 26.8. The molecule has 1 unspecified atom stereocenters. The molecule has 1 aromatic carbocycles. The van der Waals surface area contributed by atoms with Crippen LogP contribution >= 0.6 is 11.6 Å². The minimum absolute atomic E-state index is 0.436. The number of hydrogen-bond donors (Lipinski definition) is 2. The van der Waals surface area contributed by atoms with Crippen LogP contribution in [0.2, 0.25) is 5.02 Å². The van der Waals surface area contributed by atoms with E-state index in [-0.39, 0.29) is 0 Å². The molecule has 0 bridgehead atoms. The molecule has 4 rings (SSSR count). The van der Waals surface area contributed by atoms with Crippen LogP contribution in [0.15, 0.2) is 30.5 Å². The van der Waals surface area contributed by atoms with E-state index in [0.29, 0.717) is 18.2 Å². The molecule has 4 nitrogen and oxygen atoms in total. The van der Waals surface area contributed by atoms with Gasteiger partial charge < -0.3 is 15.4 Å². The summed E-state index contributed by atoms with van der Waals surface area (Å²) in [7, 11) is 0. The first-order valence-electron chi connectivity index (χ1n) is 9.44. The Kier molecular flexibility index (Phi) is 5.39. The van der Waals surface area contributed by atoms with Gasteiger partial charge in [-0.25, -0.2) is 0 Å². The monoisotopic (exact) mass is 359 g/mol. The Balaban J connectivity index is 1.31.